The molecule has 4 heteroatoms. The molecular weight excluding hydrogens is 128 g/mol. The zero-order valence-corrected chi connectivity index (χ0v) is 5.86. The first kappa shape index (κ1) is 10.5. The van der Waals surface area contributed by atoms with E-state index < -0.39 is 0 Å². The van der Waals surface area contributed by atoms with Crippen molar-refractivity contribution in [3.05, 3.63) is 0 Å². The van der Waals surface area contributed by atoms with Crippen molar-refractivity contribution < 1.29 is 4.79 Å². The van der Waals surface area contributed by atoms with Crippen molar-refractivity contribution in [2.24, 2.45) is 5.73 Å². The summed E-state index contributed by atoms with van der Waals surface area (Å²) >= 11 is 0. The lowest BCUT2D eigenvalue weighted by atomic mass is 10.6. The van der Waals surface area contributed by atoms with Crippen LogP contribution in [0.4, 0.5) is 4.79 Å². The lowest BCUT2D eigenvalue weighted by Gasteiger charge is -2.08. The predicted molar refractivity (Wildman–Crippen MR) is 35.1 cm³/mol. The first-order valence-corrected chi connectivity index (χ1v) is 2.19. The van der Waals surface area contributed by atoms with E-state index in [0.717, 1.165) is 0 Å². The molecule has 0 rings (SSSR count). The highest BCUT2D eigenvalue weighted by atomic mass is 35.5. The van der Waals surface area contributed by atoms with Crippen LogP contribution in [-0.2, 0) is 0 Å². The largest absolute Gasteiger partial charge is 0.352 e. The van der Waals surface area contributed by atoms with Gasteiger partial charge in [-0.15, -0.1) is 12.4 Å². The molecule has 0 aliphatic carbocycles. The van der Waals surface area contributed by atoms with Crippen LogP contribution in [0.15, 0.2) is 0 Å². The molecule has 0 saturated heterocycles. The summed E-state index contributed by atoms with van der Waals surface area (Å²) in [6.07, 6.45) is 0. The summed E-state index contributed by atoms with van der Waals surface area (Å²) in [6.45, 7) is 2.54. The summed E-state index contributed by atoms with van der Waals surface area (Å²) in [6, 6.07) is -0.373. The van der Waals surface area contributed by atoms with E-state index in [1.54, 1.807) is 7.05 Å². The Kier molecular flexibility index (Phi) is 6.20. The molecular formula is C4H11ClN2O. The standard InChI is InChI=1S/C4H10N2O.ClH/c1-3-6(2)4(5)7;/h3H2,1-2H3,(H2,5,7);1H. The van der Waals surface area contributed by atoms with Crippen molar-refractivity contribution >= 4 is 18.4 Å². The van der Waals surface area contributed by atoms with Gasteiger partial charge in [-0.1, -0.05) is 0 Å². The van der Waals surface area contributed by atoms with Gasteiger partial charge in [-0.2, -0.15) is 0 Å². The van der Waals surface area contributed by atoms with E-state index >= 15 is 0 Å². The van der Waals surface area contributed by atoms with Crippen LogP contribution in [0, 0.1) is 0 Å². The third kappa shape index (κ3) is 3.74. The molecule has 0 aromatic heterocycles. The van der Waals surface area contributed by atoms with Crippen LogP contribution in [0.5, 0.6) is 0 Å². The molecule has 0 radical (unpaired) electrons. The number of halogens is 1. The molecule has 0 bridgehead atoms. The minimum Gasteiger partial charge on any atom is -0.352 e. The minimum atomic E-state index is -0.373. The quantitative estimate of drug-likeness (QED) is 0.562. The first-order chi connectivity index (χ1) is 3.18. The Balaban J connectivity index is 0. The van der Waals surface area contributed by atoms with Crippen LogP contribution < -0.4 is 5.73 Å². The molecule has 3 nitrogen and oxygen atoms in total. The second-order valence-electron chi connectivity index (χ2n) is 1.35. The lowest BCUT2D eigenvalue weighted by molar-refractivity contribution is 0.221. The Morgan fingerprint density at radius 3 is 2.12 bits per heavy atom. The van der Waals surface area contributed by atoms with Gasteiger partial charge in [-0.3, -0.25) is 0 Å². The second-order valence-corrected chi connectivity index (χ2v) is 1.35. The number of carbonyl (C=O) groups excluding carboxylic acids is 1. The average Bonchev–Trinajstić information content (AvgIpc) is 1.65. The van der Waals surface area contributed by atoms with Crippen LogP contribution in [0.3, 0.4) is 0 Å². The van der Waals surface area contributed by atoms with Gasteiger partial charge in [0.25, 0.3) is 0 Å². The van der Waals surface area contributed by atoms with E-state index in [0.29, 0.717) is 6.54 Å². The number of primary amides is 1. The minimum absolute atomic E-state index is 0. The Hall–Kier alpha value is -0.440. The summed E-state index contributed by atoms with van der Waals surface area (Å²) in [7, 11) is 1.66. The number of hydrogen-bond acceptors (Lipinski definition) is 1. The van der Waals surface area contributed by atoms with Gasteiger partial charge < -0.3 is 10.6 Å². The molecule has 2 amide bonds. The fourth-order valence-electron chi connectivity index (χ4n) is 0.156. The Morgan fingerprint density at radius 2 is 2.12 bits per heavy atom. The maximum Gasteiger partial charge on any atom is 0.314 e. The predicted octanol–water partition coefficient (Wildman–Crippen LogP) is 0.439. The van der Waals surface area contributed by atoms with Crippen LogP contribution >= 0.6 is 12.4 Å². The maximum atomic E-state index is 10.1. The third-order valence-corrected chi connectivity index (χ3v) is 0.851. The highest BCUT2D eigenvalue weighted by Gasteiger charge is 1.94. The Labute approximate surface area is 55.2 Å². The molecule has 0 saturated carbocycles. The molecule has 0 aromatic carbocycles. The number of nitrogens with zero attached hydrogens (tertiary/aromatic N) is 1. The Bertz CT molecular complexity index is 76.4. The van der Waals surface area contributed by atoms with E-state index in [-0.39, 0.29) is 18.4 Å². The highest BCUT2D eigenvalue weighted by Crippen LogP contribution is 1.75. The van der Waals surface area contributed by atoms with Crippen molar-refractivity contribution in [1.29, 1.82) is 0 Å². The van der Waals surface area contributed by atoms with Crippen LogP contribution in [0.25, 0.3) is 0 Å². The van der Waals surface area contributed by atoms with Crippen molar-refractivity contribution in [2.75, 3.05) is 13.6 Å². The molecule has 0 spiro atoms. The molecule has 0 aliphatic heterocycles. The topological polar surface area (TPSA) is 46.3 Å². The van der Waals surface area contributed by atoms with Gasteiger partial charge in [-0.05, 0) is 6.92 Å². The zero-order chi connectivity index (χ0) is 5.86. The molecule has 8 heavy (non-hydrogen) atoms. The average molecular weight is 139 g/mol. The lowest BCUT2D eigenvalue weighted by Crippen LogP contribution is -2.31. The summed E-state index contributed by atoms with van der Waals surface area (Å²) in [5.41, 5.74) is 4.83. The van der Waals surface area contributed by atoms with E-state index in [1.807, 2.05) is 6.92 Å². The van der Waals surface area contributed by atoms with Gasteiger partial charge >= 0.3 is 6.03 Å². The molecule has 0 aromatic rings. The summed E-state index contributed by atoms with van der Waals surface area (Å²) in [5.74, 6) is 0. The van der Waals surface area contributed by atoms with Crippen molar-refractivity contribution in [2.45, 2.75) is 6.92 Å². The maximum absolute atomic E-state index is 10.1. The van der Waals surface area contributed by atoms with Gasteiger partial charge in [-0.25, -0.2) is 4.79 Å². The van der Waals surface area contributed by atoms with E-state index in [1.165, 1.54) is 4.90 Å². The normalized spacial score (nSPS) is 7.25. The van der Waals surface area contributed by atoms with Crippen molar-refractivity contribution in [3.8, 4) is 0 Å². The number of carbonyl (C=O) groups is 1. The third-order valence-electron chi connectivity index (χ3n) is 0.851. The molecule has 0 unspecified atom stereocenters. The monoisotopic (exact) mass is 138 g/mol. The van der Waals surface area contributed by atoms with Crippen LogP contribution in [-0.4, -0.2) is 24.5 Å². The second kappa shape index (κ2) is 4.71. The molecule has 0 atom stereocenters. The number of amides is 2. The fourth-order valence-corrected chi connectivity index (χ4v) is 0.156. The Morgan fingerprint density at radius 1 is 1.75 bits per heavy atom. The summed E-state index contributed by atoms with van der Waals surface area (Å²) < 4.78 is 0. The van der Waals surface area contributed by atoms with Crippen molar-refractivity contribution in [1.82, 2.24) is 4.90 Å². The number of hydrogen-bond donors (Lipinski definition) is 1. The molecule has 0 fully saturated rings. The molecule has 0 aliphatic rings. The number of nitrogens with two attached hydrogens (primary N) is 1. The summed E-state index contributed by atoms with van der Waals surface area (Å²) in [4.78, 5) is 11.5. The smallest absolute Gasteiger partial charge is 0.314 e. The molecule has 2 N–H and O–H groups in total. The van der Waals surface area contributed by atoms with Crippen LogP contribution in [0.1, 0.15) is 6.92 Å². The highest BCUT2D eigenvalue weighted by molar-refractivity contribution is 5.85. The number of urea groups is 1. The first-order valence-electron chi connectivity index (χ1n) is 2.19. The zero-order valence-electron chi connectivity index (χ0n) is 5.05. The SMILES string of the molecule is CCN(C)C(N)=O.Cl. The van der Waals surface area contributed by atoms with Gasteiger partial charge in [0.15, 0.2) is 0 Å². The van der Waals surface area contributed by atoms with Gasteiger partial charge in [0.2, 0.25) is 0 Å². The van der Waals surface area contributed by atoms with Gasteiger partial charge in [0.1, 0.15) is 0 Å². The van der Waals surface area contributed by atoms with Crippen molar-refractivity contribution in [3.63, 3.8) is 0 Å². The summed E-state index contributed by atoms with van der Waals surface area (Å²) in [5, 5.41) is 0. The molecule has 50 valence electrons. The van der Waals surface area contributed by atoms with Gasteiger partial charge in [0, 0.05) is 13.6 Å². The van der Waals surface area contributed by atoms with Crippen LogP contribution in [0.2, 0.25) is 0 Å². The number of rotatable bonds is 1. The van der Waals surface area contributed by atoms with Gasteiger partial charge in [0.05, 0.1) is 0 Å². The molecule has 0 heterocycles. The van der Waals surface area contributed by atoms with E-state index in [9.17, 15) is 4.79 Å². The van der Waals surface area contributed by atoms with E-state index in [2.05, 4.69) is 0 Å². The fraction of sp³-hybridized carbons (Fsp3) is 0.750. The van der Waals surface area contributed by atoms with E-state index in [4.69, 9.17) is 5.73 Å².